The molecule has 0 saturated heterocycles. The van der Waals surface area contributed by atoms with Crippen LogP contribution in [0.25, 0.3) is 11.0 Å². The highest BCUT2D eigenvalue weighted by Gasteiger charge is 2.14. The van der Waals surface area contributed by atoms with Crippen LogP contribution in [0.1, 0.15) is 32.6 Å². The van der Waals surface area contributed by atoms with E-state index in [1.165, 1.54) is 12.8 Å². The molecule has 1 saturated carbocycles. The third kappa shape index (κ3) is 3.29. The van der Waals surface area contributed by atoms with Crippen molar-refractivity contribution in [3.8, 4) is 0 Å². The molecule has 1 aromatic carbocycles. The number of benzene rings is 1. The van der Waals surface area contributed by atoms with Crippen LogP contribution < -0.4 is 5.43 Å². The smallest absolute Gasteiger partial charge is 0.260 e. The first-order valence-electron chi connectivity index (χ1n) is 7.46. The van der Waals surface area contributed by atoms with Crippen molar-refractivity contribution in [3.63, 3.8) is 0 Å². The van der Waals surface area contributed by atoms with Gasteiger partial charge in [-0.2, -0.15) is 5.10 Å². The summed E-state index contributed by atoms with van der Waals surface area (Å²) in [4.78, 5) is 16.3. The number of hydrogen-bond acceptors (Lipinski definition) is 3. The van der Waals surface area contributed by atoms with Crippen LogP contribution in [0.2, 0.25) is 0 Å². The fraction of sp³-hybridized carbons (Fsp3) is 0.438. The van der Waals surface area contributed by atoms with Crippen molar-refractivity contribution in [2.45, 2.75) is 39.2 Å². The van der Waals surface area contributed by atoms with E-state index in [1.54, 1.807) is 6.33 Å². The number of hydrazone groups is 1. The van der Waals surface area contributed by atoms with Crippen molar-refractivity contribution in [3.05, 3.63) is 30.6 Å². The van der Waals surface area contributed by atoms with Gasteiger partial charge < -0.3 is 4.57 Å². The zero-order chi connectivity index (χ0) is 14.7. The average molecular weight is 284 g/mol. The second-order valence-electron chi connectivity index (χ2n) is 5.78. The summed E-state index contributed by atoms with van der Waals surface area (Å²) in [5.41, 5.74) is 5.65. The first-order valence-corrected chi connectivity index (χ1v) is 7.46. The predicted octanol–water partition coefficient (Wildman–Crippen LogP) is 2.72. The lowest BCUT2D eigenvalue weighted by molar-refractivity contribution is -0.121. The van der Waals surface area contributed by atoms with E-state index in [-0.39, 0.29) is 12.5 Å². The Morgan fingerprint density at radius 1 is 1.48 bits per heavy atom. The Balaban J connectivity index is 1.63. The van der Waals surface area contributed by atoms with E-state index in [0.717, 1.165) is 29.6 Å². The number of carbonyl (C=O) groups excluding carboxylic acids is 1. The van der Waals surface area contributed by atoms with Gasteiger partial charge in [0.25, 0.3) is 5.91 Å². The molecule has 1 amide bonds. The second-order valence-corrected chi connectivity index (χ2v) is 5.78. The molecule has 0 spiro atoms. The lowest BCUT2D eigenvalue weighted by atomic mass is 9.89. The van der Waals surface area contributed by atoms with Crippen LogP contribution in [-0.4, -0.2) is 21.2 Å². The summed E-state index contributed by atoms with van der Waals surface area (Å²) in [5.74, 6) is 0.566. The van der Waals surface area contributed by atoms with Crippen LogP contribution in [0.15, 0.2) is 35.7 Å². The quantitative estimate of drug-likeness (QED) is 0.881. The molecule has 1 unspecified atom stereocenters. The van der Waals surface area contributed by atoms with Gasteiger partial charge in [0.1, 0.15) is 6.54 Å². The topological polar surface area (TPSA) is 59.3 Å². The lowest BCUT2D eigenvalue weighted by Crippen LogP contribution is -2.25. The molecule has 1 N–H and O–H groups in total. The summed E-state index contributed by atoms with van der Waals surface area (Å²) < 4.78 is 1.84. The molecule has 3 rings (SSSR count). The van der Waals surface area contributed by atoms with Gasteiger partial charge in [0.15, 0.2) is 0 Å². The first-order chi connectivity index (χ1) is 10.2. The van der Waals surface area contributed by atoms with Crippen LogP contribution in [0.3, 0.4) is 0 Å². The Labute approximate surface area is 124 Å². The molecule has 0 radical (unpaired) electrons. The summed E-state index contributed by atoms with van der Waals surface area (Å²) in [6.45, 7) is 2.47. The normalized spacial score (nSPS) is 20.8. The summed E-state index contributed by atoms with van der Waals surface area (Å²) in [6, 6.07) is 7.79. The molecule has 1 aliphatic rings. The Morgan fingerprint density at radius 2 is 2.33 bits per heavy atom. The highest BCUT2D eigenvalue weighted by Crippen LogP contribution is 2.20. The number of rotatable bonds is 3. The SMILES string of the molecule is CC1CCC/C(=N\NC(=O)Cn2cnc3ccccc32)C1. The lowest BCUT2D eigenvalue weighted by Gasteiger charge is -2.18. The molecule has 5 heteroatoms. The number of aromatic nitrogens is 2. The molecular formula is C16H20N4O. The fourth-order valence-corrected chi connectivity index (χ4v) is 2.83. The predicted molar refractivity (Wildman–Crippen MR) is 82.9 cm³/mol. The Hall–Kier alpha value is -2.17. The van der Waals surface area contributed by atoms with Crippen molar-refractivity contribution in [2.75, 3.05) is 0 Å². The van der Waals surface area contributed by atoms with Crippen LogP contribution in [0, 0.1) is 5.92 Å². The number of nitrogens with zero attached hydrogens (tertiary/aromatic N) is 3. The standard InChI is InChI=1S/C16H20N4O/c1-12-5-4-6-13(9-12)18-19-16(21)10-20-11-17-14-7-2-3-8-15(14)20/h2-3,7-8,11-12H,4-6,9-10H2,1H3,(H,19,21)/b18-13+. The van der Waals surface area contributed by atoms with Crippen molar-refractivity contribution >= 4 is 22.7 Å². The van der Waals surface area contributed by atoms with E-state index in [1.807, 2.05) is 28.8 Å². The van der Waals surface area contributed by atoms with E-state index in [4.69, 9.17) is 0 Å². The van der Waals surface area contributed by atoms with Gasteiger partial charge in [0, 0.05) is 5.71 Å². The maximum Gasteiger partial charge on any atom is 0.260 e. The molecule has 1 atom stereocenters. The zero-order valence-corrected chi connectivity index (χ0v) is 12.2. The highest BCUT2D eigenvalue weighted by molar-refractivity contribution is 5.87. The number of para-hydroxylation sites is 2. The van der Waals surface area contributed by atoms with Gasteiger partial charge >= 0.3 is 0 Å². The summed E-state index contributed by atoms with van der Waals surface area (Å²) >= 11 is 0. The maximum absolute atomic E-state index is 12.0. The van der Waals surface area contributed by atoms with Crippen LogP contribution in [0.4, 0.5) is 0 Å². The van der Waals surface area contributed by atoms with E-state index in [2.05, 4.69) is 22.4 Å². The fourth-order valence-electron chi connectivity index (χ4n) is 2.83. The third-order valence-electron chi connectivity index (χ3n) is 3.93. The molecule has 2 aromatic rings. The molecule has 5 nitrogen and oxygen atoms in total. The van der Waals surface area contributed by atoms with Gasteiger partial charge in [0.05, 0.1) is 17.4 Å². The third-order valence-corrected chi connectivity index (χ3v) is 3.93. The van der Waals surface area contributed by atoms with Crippen molar-refractivity contribution < 1.29 is 4.79 Å². The number of hydrogen-bond donors (Lipinski definition) is 1. The largest absolute Gasteiger partial charge is 0.321 e. The van der Waals surface area contributed by atoms with Crippen molar-refractivity contribution in [1.29, 1.82) is 0 Å². The molecule has 1 heterocycles. The minimum atomic E-state index is -0.108. The molecule has 0 bridgehead atoms. The highest BCUT2D eigenvalue weighted by atomic mass is 16.2. The molecule has 0 aliphatic heterocycles. The number of amides is 1. The van der Waals surface area contributed by atoms with Gasteiger partial charge in [-0.1, -0.05) is 19.1 Å². The van der Waals surface area contributed by atoms with Gasteiger partial charge in [-0.25, -0.2) is 10.4 Å². The molecular weight excluding hydrogens is 264 g/mol. The zero-order valence-electron chi connectivity index (χ0n) is 12.2. The average Bonchev–Trinajstić information content (AvgIpc) is 2.89. The van der Waals surface area contributed by atoms with Crippen LogP contribution >= 0.6 is 0 Å². The number of imidazole rings is 1. The Kier molecular flexibility index (Phi) is 3.99. The van der Waals surface area contributed by atoms with Crippen molar-refractivity contribution in [1.82, 2.24) is 15.0 Å². The summed E-state index contributed by atoms with van der Waals surface area (Å²) in [7, 11) is 0. The summed E-state index contributed by atoms with van der Waals surface area (Å²) in [6.07, 6.45) is 6.11. The minimum absolute atomic E-state index is 0.108. The summed E-state index contributed by atoms with van der Waals surface area (Å²) in [5, 5.41) is 4.28. The van der Waals surface area contributed by atoms with E-state index >= 15 is 0 Å². The maximum atomic E-state index is 12.0. The molecule has 1 aromatic heterocycles. The Bertz CT molecular complexity index is 674. The van der Waals surface area contributed by atoms with E-state index < -0.39 is 0 Å². The molecule has 1 aliphatic carbocycles. The monoisotopic (exact) mass is 284 g/mol. The molecule has 110 valence electrons. The number of fused-ring (bicyclic) bond motifs is 1. The van der Waals surface area contributed by atoms with E-state index in [0.29, 0.717) is 5.92 Å². The number of carbonyl (C=O) groups is 1. The number of nitrogens with one attached hydrogen (secondary N) is 1. The second kappa shape index (κ2) is 6.08. The van der Waals surface area contributed by atoms with Gasteiger partial charge in [0.2, 0.25) is 0 Å². The first kappa shape index (κ1) is 13.8. The minimum Gasteiger partial charge on any atom is -0.321 e. The van der Waals surface area contributed by atoms with Gasteiger partial charge in [-0.05, 0) is 43.7 Å². The molecule has 1 fully saturated rings. The van der Waals surface area contributed by atoms with Gasteiger partial charge in [-0.3, -0.25) is 4.79 Å². The van der Waals surface area contributed by atoms with Gasteiger partial charge in [-0.15, -0.1) is 0 Å². The Morgan fingerprint density at radius 3 is 3.19 bits per heavy atom. The van der Waals surface area contributed by atoms with Crippen LogP contribution in [-0.2, 0) is 11.3 Å². The molecule has 21 heavy (non-hydrogen) atoms. The van der Waals surface area contributed by atoms with E-state index in [9.17, 15) is 4.79 Å². The van der Waals surface area contributed by atoms with Crippen molar-refractivity contribution in [2.24, 2.45) is 11.0 Å². The van der Waals surface area contributed by atoms with Crippen LogP contribution in [0.5, 0.6) is 0 Å².